The topological polar surface area (TPSA) is 65.7 Å². The molecular formula is C20H30IN5O. The maximum Gasteiger partial charge on any atom is 0.216 e. The van der Waals surface area contributed by atoms with Gasteiger partial charge in [0, 0.05) is 31.9 Å². The van der Waals surface area contributed by atoms with E-state index in [0.29, 0.717) is 18.4 Å². The highest BCUT2D eigenvalue weighted by Crippen LogP contribution is 2.22. The minimum atomic E-state index is 0. The molecule has 3 rings (SSSR count). The van der Waals surface area contributed by atoms with Gasteiger partial charge in [0.25, 0.3) is 0 Å². The van der Waals surface area contributed by atoms with Crippen molar-refractivity contribution in [2.45, 2.75) is 33.7 Å². The fourth-order valence-corrected chi connectivity index (χ4v) is 3.21. The number of nitrogens with zero attached hydrogens (tertiary/aromatic N) is 3. The normalized spacial score (nSPS) is 16.9. The van der Waals surface area contributed by atoms with E-state index < -0.39 is 0 Å². The van der Waals surface area contributed by atoms with Crippen molar-refractivity contribution in [3.8, 4) is 0 Å². The maximum absolute atomic E-state index is 5.60. The van der Waals surface area contributed by atoms with Crippen LogP contribution in [0.5, 0.6) is 0 Å². The van der Waals surface area contributed by atoms with Gasteiger partial charge in [0.1, 0.15) is 12.3 Å². The lowest BCUT2D eigenvalue weighted by Gasteiger charge is -2.19. The van der Waals surface area contributed by atoms with Gasteiger partial charge in [0.05, 0.1) is 5.69 Å². The van der Waals surface area contributed by atoms with Gasteiger partial charge in [0.2, 0.25) is 5.89 Å². The number of para-hydroxylation sites is 1. The molecule has 1 aromatic heterocycles. The molecule has 0 spiro atoms. The van der Waals surface area contributed by atoms with E-state index >= 15 is 0 Å². The Labute approximate surface area is 178 Å². The lowest BCUT2D eigenvalue weighted by molar-refractivity contribution is 0.472. The van der Waals surface area contributed by atoms with Crippen molar-refractivity contribution < 1.29 is 4.42 Å². The zero-order chi connectivity index (χ0) is 18.4. The average molecular weight is 483 g/mol. The van der Waals surface area contributed by atoms with Gasteiger partial charge in [-0.1, -0.05) is 18.2 Å². The summed E-state index contributed by atoms with van der Waals surface area (Å²) in [6, 6.07) is 10.6. The summed E-state index contributed by atoms with van der Waals surface area (Å²) in [5.41, 5.74) is 2.24. The van der Waals surface area contributed by atoms with Crippen LogP contribution in [-0.4, -0.2) is 37.1 Å². The standard InChI is InChI=1S/C20H29N5O.HI/c1-4-21-20(23-13-19-24-15(2)16(3)26-19)22-12-17-10-11-25(14-17)18-8-6-5-7-9-18;/h5-9,17H,4,10-14H2,1-3H3,(H2,21,22,23);1H. The van der Waals surface area contributed by atoms with Gasteiger partial charge < -0.3 is 20.0 Å². The monoisotopic (exact) mass is 483 g/mol. The first-order chi connectivity index (χ1) is 12.7. The Morgan fingerprint density at radius 1 is 1.26 bits per heavy atom. The highest BCUT2D eigenvalue weighted by Gasteiger charge is 2.22. The minimum absolute atomic E-state index is 0. The first-order valence-electron chi connectivity index (χ1n) is 9.40. The molecule has 2 heterocycles. The molecular weight excluding hydrogens is 453 g/mol. The van der Waals surface area contributed by atoms with E-state index in [2.05, 4.69) is 62.8 Å². The zero-order valence-electron chi connectivity index (χ0n) is 16.4. The second-order valence-electron chi connectivity index (χ2n) is 6.76. The van der Waals surface area contributed by atoms with Crippen molar-refractivity contribution in [2.75, 3.05) is 31.1 Å². The number of benzene rings is 1. The first kappa shape index (κ1) is 21.5. The number of hydrogen-bond acceptors (Lipinski definition) is 4. The molecule has 1 aliphatic rings. The molecule has 0 bridgehead atoms. The van der Waals surface area contributed by atoms with Crippen LogP contribution in [0.4, 0.5) is 5.69 Å². The van der Waals surface area contributed by atoms with Crippen LogP contribution in [0.3, 0.4) is 0 Å². The summed E-state index contributed by atoms with van der Waals surface area (Å²) in [5.74, 6) is 2.96. The Hall–Kier alpha value is -1.77. The third-order valence-corrected chi connectivity index (χ3v) is 4.75. The summed E-state index contributed by atoms with van der Waals surface area (Å²) >= 11 is 0. The molecule has 27 heavy (non-hydrogen) atoms. The molecule has 0 amide bonds. The Morgan fingerprint density at radius 3 is 2.70 bits per heavy atom. The molecule has 1 saturated heterocycles. The van der Waals surface area contributed by atoms with Gasteiger partial charge in [-0.2, -0.15) is 0 Å². The summed E-state index contributed by atoms with van der Waals surface area (Å²) < 4.78 is 5.60. The van der Waals surface area contributed by atoms with Crippen LogP contribution < -0.4 is 15.5 Å². The third kappa shape index (κ3) is 6.12. The Balaban J connectivity index is 0.00000261. The number of rotatable bonds is 6. The van der Waals surface area contributed by atoms with Crippen molar-refractivity contribution in [3.63, 3.8) is 0 Å². The molecule has 1 aliphatic heterocycles. The van der Waals surface area contributed by atoms with Crippen LogP contribution in [0, 0.1) is 19.8 Å². The second-order valence-corrected chi connectivity index (χ2v) is 6.76. The van der Waals surface area contributed by atoms with E-state index in [-0.39, 0.29) is 24.0 Å². The van der Waals surface area contributed by atoms with Crippen molar-refractivity contribution in [3.05, 3.63) is 47.7 Å². The highest BCUT2D eigenvalue weighted by molar-refractivity contribution is 14.0. The molecule has 1 aromatic carbocycles. The molecule has 0 saturated carbocycles. The van der Waals surface area contributed by atoms with E-state index in [1.807, 2.05) is 13.8 Å². The number of aryl methyl sites for hydroxylation is 2. The maximum atomic E-state index is 5.60. The largest absolute Gasteiger partial charge is 0.444 e. The molecule has 2 aromatic rings. The summed E-state index contributed by atoms with van der Waals surface area (Å²) in [5, 5.41) is 6.77. The van der Waals surface area contributed by atoms with E-state index in [1.54, 1.807) is 0 Å². The molecule has 1 unspecified atom stereocenters. The van der Waals surface area contributed by atoms with Gasteiger partial charge >= 0.3 is 0 Å². The van der Waals surface area contributed by atoms with Crippen molar-refractivity contribution in [2.24, 2.45) is 10.9 Å². The Kier molecular flexibility index (Phi) is 8.40. The van der Waals surface area contributed by atoms with Crippen LogP contribution in [-0.2, 0) is 6.54 Å². The third-order valence-electron chi connectivity index (χ3n) is 4.75. The van der Waals surface area contributed by atoms with Crippen LogP contribution in [0.15, 0.2) is 39.7 Å². The molecule has 6 nitrogen and oxygen atoms in total. The number of guanidine groups is 1. The van der Waals surface area contributed by atoms with Gasteiger partial charge in [-0.15, -0.1) is 24.0 Å². The fraction of sp³-hybridized carbons (Fsp3) is 0.500. The Bertz CT molecular complexity index is 712. The molecule has 148 valence electrons. The lowest BCUT2D eigenvalue weighted by atomic mass is 10.1. The number of aromatic nitrogens is 1. The summed E-state index contributed by atoms with van der Waals surface area (Å²) in [6.07, 6.45) is 1.19. The number of anilines is 1. The molecule has 7 heteroatoms. The number of oxazole rings is 1. The molecule has 1 fully saturated rings. The predicted molar refractivity (Wildman–Crippen MR) is 121 cm³/mol. The average Bonchev–Trinajstić information content (AvgIpc) is 3.25. The van der Waals surface area contributed by atoms with Crippen molar-refractivity contribution in [1.82, 2.24) is 15.6 Å². The molecule has 0 radical (unpaired) electrons. The van der Waals surface area contributed by atoms with E-state index in [0.717, 1.165) is 43.6 Å². The van der Waals surface area contributed by atoms with E-state index in [1.165, 1.54) is 12.1 Å². The first-order valence-corrected chi connectivity index (χ1v) is 9.40. The van der Waals surface area contributed by atoms with Crippen molar-refractivity contribution >= 4 is 35.6 Å². The summed E-state index contributed by atoms with van der Waals surface area (Å²) in [4.78, 5) is 11.4. The highest BCUT2D eigenvalue weighted by atomic mass is 127. The van der Waals surface area contributed by atoms with Crippen LogP contribution in [0.2, 0.25) is 0 Å². The molecule has 1 atom stereocenters. The molecule has 2 N–H and O–H groups in total. The van der Waals surface area contributed by atoms with Gasteiger partial charge in [0.15, 0.2) is 5.96 Å². The quantitative estimate of drug-likeness (QED) is 0.374. The van der Waals surface area contributed by atoms with E-state index in [9.17, 15) is 0 Å². The van der Waals surface area contributed by atoms with Crippen LogP contribution in [0.25, 0.3) is 0 Å². The van der Waals surface area contributed by atoms with E-state index in [4.69, 9.17) is 4.42 Å². The van der Waals surface area contributed by atoms with Crippen molar-refractivity contribution in [1.29, 1.82) is 0 Å². The lowest BCUT2D eigenvalue weighted by Crippen LogP contribution is -2.40. The fourth-order valence-electron chi connectivity index (χ4n) is 3.21. The second kappa shape index (κ2) is 10.5. The smallest absolute Gasteiger partial charge is 0.216 e. The predicted octanol–water partition coefficient (Wildman–Crippen LogP) is 3.49. The van der Waals surface area contributed by atoms with Gasteiger partial charge in [-0.3, -0.25) is 0 Å². The number of halogens is 1. The molecule has 0 aliphatic carbocycles. The zero-order valence-corrected chi connectivity index (χ0v) is 18.7. The number of aliphatic imine (C=N–C) groups is 1. The van der Waals surface area contributed by atoms with Crippen LogP contribution >= 0.6 is 24.0 Å². The summed E-state index contributed by atoms with van der Waals surface area (Å²) in [7, 11) is 0. The number of nitrogens with one attached hydrogen (secondary N) is 2. The van der Waals surface area contributed by atoms with Crippen LogP contribution in [0.1, 0.15) is 30.7 Å². The van der Waals surface area contributed by atoms with Gasteiger partial charge in [-0.25, -0.2) is 9.98 Å². The SMILES string of the molecule is CCNC(=NCc1nc(C)c(C)o1)NCC1CCN(c2ccccc2)C1.I. The van der Waals surface area contributed by atoms with Gasteiger partial charge in [-0.05, 0) is 45.2 Å². The number of hydrogen-bond donors (Lipinski definition) is 2. The summed E-state index contributed by atoms with van der Waals surface area (Å²) in [6.45, 7) is 10.3. The Morgan fingerprint density at radius 2 is 2.04 bits per heavy atom. The minimum Gasteiger partial charge on any atom is -0.444 e.